The lowest BCUT2D eigenvalue weighted by molar-refractivity contribution is 0.412. The second-order valence-corrected chi connectivity index (χ2v) is 4.12. The molecule has 0 radical (unpaired) electrons. The molecule has 0 bridgehead atoms. The zero-order valence-corrected chi connectivity index (χ0v) is 9.66. The Morgan fingerprint density at radius 2 is 2.31 bits per heavy atom. The number of ether oxygens (including phenoxy) is 1. The normalized spacial score (nSPS) is 20.9. The predicted molar refractivity (Wildman–Crippen MR) is 62.6 cm³/mol. The Hall–Kier alpha value is -1.29. The first-order valence-corrected chi connectivity index (χ1v) is 5.52. The van der Waals surface area contributed by atoms with Crippen LogP contribution in [0.4, 0.5) is 10.1 Å². The predicted octanol–water partition coefficient (Wildman–Crippen LogP) is 1.63. The number of hydrogen-bond donors (Lipinski definition) is 1. The quantitative estimate of drug-likeness (QED) is 0.826. The second kappa shape index (κ2) is 4.70. The van der Waals surface area contributed by atoms with E-state index in [9.17, 15) is 4.39 Å². The summed E-state index contributed by atoms with van der Waals surface area (Å²) in [5.74, 6) is 0.512. The molecule has 1 atom stereocenters. The van der Waals surface area contributed by atoms with Crippen molar-refractivity contribution >= 4 is 5.69 Å². The van der Waals surface area contributed by atoms with Gasteiger partial charge in [-0.3, -0.25) is 0 Å². The van der Waals surface area contributed by atoms with E-state index in [0.29, 0.717) is 17.5 Å². The molecule has 0 saturated carbocycles. The average Bonchev–Trinajstić information content (AvgIpc) is 2.30. The van der Waals surface area contributed by atoms with Crippen molar-refractivity contribution in [3.63, 3.8) is 0 Å². The van der Waals surface area contributed by atoms with Crippen molar-refractivity contribution in [1.82, 2.24) is 5.32 Å². The van der Waals surface area contributed by atoms with Crippen molar-refractivity contribution in [2.24, 2.45) is 0 Å². The fourth-order valence-corrected chi connectivity index (χ4v) is 2.01. The maximum Gasteiger partial charge on any atom is 0.146 e. The Morgan fingerprint density at radius 3 is 3.00 bits per heavy atom. The fourth-order valence-electron chi connectivity index (χ4n) is 2.01. The fraction of sp³-hybridized carbons (Fsp3) is 0.500. The van der Waals surface area contributed by atoms with Crippen molar-refractivity contribution in [2.75, 3.05) is 31.6 Å². The number of methoxy groups -OCH3 is 1. The first kappa shape index (κ1) is 11.2. The minimum atomic E-state index is -0.185. The van der Waals surface area contributed by atoms with Crippen molar-refractivity contribution in [3.8, 4) is 5.75 Å². The number of piperazine rings is 1. The summed E-state index contributed by atoms with van der Waals surface area (Å²) in [5.41, 5.74) is 0.632. The van der Waals surface area contributed by atoms with Gasteiger partial charge in [0.1, 0.15) is 11.6 Å². The number of nitrogens with zero attached hydrogens (tertiary/aromatic N) is 1. The molecule has 4 heteroatoms. The SMILES string of the molecule is COc1ccc(F)c(N2CCNC(C)C2)c1. The van der Waals surface area contributed by atoms with Gasteiger partial charge in [0.05, 0.1) is 12.8 Å². The highest BCUT2D eigenvalue weighted by Crippen LogP contribution is 2.25. The van der Waals surface area contributed by atoms with Crippen LogP contribution in [-0.4, -0.2) is 32.8 Å². The lowest BCUT2D eigenvalue weighted by Gasteiger charge is -2.33. The first-order chi connectivity index (χ1) is 7.70. The minimum absolute atomic E-state index is 0.185. The first-order valence-electron chi connectivity index (χ1n) is 5.52. The zero-order chi connectivity index (χ0) is 11.5. The van der Waals surface area contributed by atoms with Crippen molar-refractivity contribution < 1.29 is 9.13 Å². The van der Waals surface area contributed by atoms with Gasteiger partial charge in [0.25, 0.3) is 0 Å². The van der Waals surface area contributed by atoms with E-state index in [0.717, 1.165) is 19.6 Å². The molecule has 3 nitrogen and oxygen atoms in total. The van der Waals surface area contributed by atoms with Crippen molar-refractivity contribution in [1.29, 1.82) is 0 Å². The highest BCUT2D eigenvalue weighted by molar-refractivity contribution is 5.52. The molecule has 1 aliphatic rings. The molecule has 1 saturated heterocycles. The molecule has 1 aromatic carbocycles. The van der Waals surface area contributed by atoms with E-state index >= 15 is 0 Å². The van der Waals surface area contributed by atoms with Gasteiger partial charge in [0.15, 0.2) is 0 Å². The number of hydrogen-bond acceptors (Lipinski definition) is 3. The molecule has 1 fully saturated rings. The van der Waals surface area contributed by atoms with Gasteiger partial charge in [-0.1, -0.05) is 0 Å². The van der Waals surface area contributed by atoms with E-state index in [4.69, 9.17) is 4.74 Å². The topological polar surface area (TPSA) is 24.5 Å². The van der Waals surface area contributed by atoms with E-state index in [1.165, 1.54) is 6.07 Å². The maximum atomic E-state index is 13.7. The molecular weight excluding hydrogens is 207 g/mol. The second-order valence-electron chi connectivity index (χ2n) is 4.12. The lowest BCUT2D eigenvalue weighted by atomic mass is 10.2. The van der Waals surface area contributed by atoms with Crippen LogP contribution in [0.1, 0.15) is 6.92 Å². The molecule has 1 unspecified atom stereocenters. The Bertz CT molecular complexity index is 370. The zero-order valence-electron chi connectivity index (χ0n) is 9.66. The van der Waals surface area contributed by atoms with Crippen LogP contribution in [0.3, 0.4) is 0 Å². The van der Waals surface area contributed by atoms with Crippen LogP contribution >= 0.6 is 0 Å². The van der Waals surface area contributed by atoms with Gasteiger partial charge in [-0.05, 0) is 19.1 Å². The van der Waals surface area contributed by atoms with Gasteiger partial charge in [-0.15, -0.1) is 0 Å². The summed E-state index contributed by atoms with van der Waals surface area (Å²) >= 11 is 0. The van der Waals surface area contributed by atoms with E-state index in [2.05, 4.69) is 17.1 Å². The number of halogens is 1. The Kier molecular flexibility index (Phi) is 3.29. The third-order valence-corrected chi connectivity index (χ3v) is 2.86. The van der Waals surface area contributed by atoms with Crippen molar-refractivity contribution in [3.05, 3.63) is 24.0 Å². The van der Waals surface area contributed by atoms with E-state index in [1.54, 1.807) is 19.2 Å². The molecule has 0 aliphatic carbocycles. The highest BCUT2D eigenvalue weighted by atomic mass is 19.1. The standard InChI is InChI=1S/C12H17FN2O/c1-9-8-15(6-5-14-9)12-7-10(16-2)3-4-11(12)13/h3-4,7,9,14H,5-6,8H2,1-2H3. The smallest absolute Gasteiger partial charge is 0.146 e. The van der Waals surface area contributed by atoms with Gasteiger partial charge in [-0.2, -0.15) is 0 Å². The van der Waals surface area contributed by atoms with Gasteiger partial charge in [-0.25, -0.2) is 4.39 Å². The summed E-state index contributed by atoms with van der Waals surface area (Å²) in [6, 6.07) is 5.25. The van der Waals surface area contributed by atoms with Gasteiger partial charge >= 0.3 is 0 Å². The van der Waals surface area contributed by atoms with Gasteiger partial charge in [0, 0.05) is 31.7 Å². The minimum Gasteiger partial charge on any atom is -0.497 e. The Morgan fingerprint density at radius 1 is 1.50 bits per heavy atom. The third-order valence-electron chi connectivity index (χ3n) is 2.86. The van der Waals surface area contributed by atoms with Crippen LogP contribution in [0, 0.1) is 5.82 Å². The molecule has 0 amide bonds. The largest absolute Gasteiger partial charge is 0.497 e. The van der Waals surface area contributed by atoms with E-state index < -0.39 is 0 Å². The molecular formula is C12H17FN2O. The van der Waals surface area contributed by atoms with E-state index in [1.807, 2.05) is 0 Å². The summed E-state index contributed by atoms with van der Waals surface area (Å²) in [6.07, 6.45) is 0. The average molecular weight is 224 g/mol. The molecule has 16 heavy (non-hydrogen) atoms. The van der Waals surface area contributed by atoms with Gasteiger partial charge < -0.3 is 15.0 Å². The molecule has 88 valence electrons. The summed E-state index contributed by atoms with van der Waals surface area (Å²) < 4.78 is 18.8. The van der Waals surface area contributed by atoms with Crippen LogP contribution in [-0.2, 0) is 0 Å². The molecule has 0 aromatic heterocycles. The monoisotopic (exact) mass is 224 g/mol. The van der Waals surface area contributed by atoms with Crippen LogP contribution in [0.2, 0.25) is 0 Å². The molecule has 1 aliphatic heterocycles. The van der Waals surface area contributed by atoms with Crippen LogP contribution < -0.4 is 15.0 Å². The summed E-state index contributed by atoms with van der Waals surface area (Å²) in [4.78, 5) is 2.05. The Labute approximate surface area is 95.2 Å². The molecule has 1 heterocycles. The molecule has 1 aromatic rings. The number of benzene rings is 1. The highest BCUT2D eigenvalue weighted by Gasteiger charge is 2.18. The molecule has 0 spiro atoms. The number of rotatable bonds is 2. The lowest BCUT2D eigenvalue weighted by Crippen LogP contribution is -2.49. The molecule has 1 N–H and O–H groups in total. The van der Waals surface area contributed by atoms with Crippen molar-refractivity contribution in [2.45, 2.75) is 13.0 Å². The third kappa shape index (κ3) is 2.27. The Balaban J connectivity index is 2.24. The van der Waals surface area contributed by atoms with Crippen LogP contribution in [0.5, 0.6) is 5.75 Å². The summed E-state index contributed by atoms with van der Waals surface area (Å²) in [7, 11) is 1.59. The molecule has 2 rings (SSSR count). The van der Waals surface area contributed by atoms with E-state index in [-0.39, 0.29) is 5.82 Å². The summed E-state index contributed by atoms with van der Waals surface area (Å²) in [5, 5.41) is 3.33. The maximum absolute atomic E-state index is 13.7. The van der Waals surface area contributed by atoms with Crippen LogP contribution in [0.25, 0.3) is 0 Å². The van der Waals surface area contributed by atoms with Crippen LogP contribution in [0.15, 0.2) is 18.2 Å². The number of anilines is 1. The summed E-state index contributed by atoms with van der Waals surface area (Å²) in [6.45, 7) is 4.64. The number of nitrogens with one attached hydrogen (secondary N) is 1. The van der Waals surface area contributed by atoms with Gasteiger partial charge in [0.2, 0.25) is 0 Å².